The van der Waals surface area contributed by atoms with Gasteiger partial charge in [-0.2, -0.15) is 5.10 Å². The third-order valence-corrected chi connectivity index (χ3v) is 7.21. The van der Waals surface area contributed by atoms with Gasteiger partial charge in [-0.05, 0) is 55.5 Å². The SMILES string of the molecule is [C-]#[N+]c1cccc(-c2nn3c(NC4CCCC4)cccc3c2-c2ccnc(NC3CCCC3)n2)c1. The molecule has 4 aromatic rings. The van der Waals surface area contributed by atoms with Gasteiger partial charge in [0.05, 0.1) is 23.3 Å². The number of aromatic nitrogens is 4. The lowest BCUT2D eigenvalue weighted by atomic mass is 10.0. The molecule has 0 radical (unpaired) electrons. The maximum Gasteiger partial charge on any atom is 0.223 e. The maximum atomic E-state index is 7.48. The molecular weight excluding hydrogens is 434 g/mol. The van der Waals surface area contributed by atoms with E-state index in [0.29, 0.717) is 23.7 Å². The second-order valence-corrected chi connectivity index (χ2v) is 9.61. The summed E-state index contributed by atoms with van der Waals surface area (Å²) in [5.41, 5.74) is 5.10. The van der Waals surface area contributed by atoms with Gasteiger partial charge in [-0.3, -0.25) is 0 Å². The van der Waals surface area contributed by atoms with Gasteiger partial charge in [0, 0.05) is 18.3 Å². The van der Waals surface area contributed by atoms with Crippen LogP contribution < -0.4 is 10.6 Å². The van der Waals surface area contributed by atoms with E-state index in [2.05, 4.69) is 38.7 Å². The molecule has 7 nitrogen and oxygen atoms in total. The second-order valence-electron chi connectivity index (χ2n) is 9.61. The Labute approximate surface area is 205 Å². The van der Waals surface area contributed by atoms with Gasteiger partial charge in [-0.15, -0.1) is 0 Å². The highest BCUT2D eigenvalue weighted by atomic mass is 15.3. The zero-order chi connectivity index (χ0) is 23.6. The first kappa shape index (κ1) is 21.6. The number of nitrogens with zero attached hydrogens (tertiary/aromatic N) is 5. The van der Waals surface area contributed by atoms with Gasteiger partial charge in [0.15, 0.2) is 5.69 Å². The van der Waals surface area contributed by atoms with E-state index in [0.717, 1.165) is 46.7 Å². The van der Waals surface area contributed by atoms with Crippen LogP contribution >= 0.6 is 0 Å². The average Bonchev–Trinajstić information content (AvgIpc) is 3.66. The van der Waals surface area contributed by atoms with Crippen molar-refractivity contribution in [3.63, 3.8) is 0 Å². The van der Waals surface area contributed by atoms with Crippen molar-refractivity contribution in [2.45, 2.75) is 63.5 Å². The van der Waals surface area contributed by atoms with Crippen LogP contribution in [0.25, 0.3) is 32.9 Å². The van der Waals surface area contributed by atoms with Crippen LogP contribution in [0.3, 0.4) is 0 Å². The van der Waals surface area contributed by atoms with Gasteiger partial charge in [-0.25, -0.2) is 19.3 Å². The molecule has 0 amide bonds. The molecule has 7 heteroatoms. The Morgan fingerprint density at radius 2 is 1.63 bits per heavy atom. The average molecular weight is 464 g/mol. The predicted octanol–water partition coefficient (Wildman–Crippen LogP) is 6.72. The number of nitrogens with one attached hydrogen (secondary N) is 2. The quantitative estimate of drug-likeness (QED) is 0.311. The molecule has 0 saturated heterocycles. The minimum Gasteiger partial charge on any atom is -0.367 e. The van der Waals surface area contributed by atoms with E-state index >= 15 is 0 Å². The summed E-state index contributed by atoms with van der Waals surface area (Å²) in [5, 5.41) is 12.3. The molecule has 2 fully saturated rings. The summed E-state index contributed by atoms with van der Waals surface area (Å²) in [6.45, 7) is 7.48. The zero-order valence-electron chi connectivity index (χ0n) is 19.7. The van der Waals surface area contributed by atoms with Gasteiger partial charge < -0.3 is 10.6 Å². The fourth-order valence-corrected chi connectivity index (χ4v) is 5.46. The lowest BCUT2D eigenvalue weighted by molar-refractivity contribution is 0.742. The zero-order valence-corrected chi connectivity index (χ0v) is 19.7. The van der Waals surface area contributed by atoms with Gasteiger partial charge in [0.1, 0.15) is 11.5 Å². The lowest BCUT2D eigenvalue weighted by Gasteiger charge is -2.14. The highest BCUT2D eigenvalue weighted by Crippen LogP contribution is 2.37. The van der Waals surface area contributed by atoms with Crippen molar-refractivity contribution in [2.75, 3.05) is 10.6 Å². The molecule has 2 aliphatic rings. The molecule has 3 heterocycles. The molecule has 0 unspecified atom stereocenters. The molecule has 6 rings (SSSR count). The molecule has 0 atom stereocenters. The smallest absolute Gasteiger partial charge is 0.223 e. The van der Waals surface area contributed by atoms with Crippen LogP contribution in [0, 0.1) is 6.57 Å². The summed E-state index contributed by atoms with van der Waals surface area (Å²) in [7, 11) is 0. The van der Waals surface area contributed by atoms with Crippen molar-refractivity contribution in [3.8, 4) is 22.5 Å². The molecule has 0 bridgehead atoms. The maximum absolute atomic E-state index is 7.48. The molecule has 35 heavy (non-hydrogen) atoms. The van der Waals surface area contributed by atoms with Crippen LogP contribution in [0.2, 0.25) is 0 Å². The Kier molecular flexibility index (Phi) is 5.79. The molecular formula is C28H29N7. The number of fused-ring (bicyclic) bond motifs is 1. The third-order valence-electron chi connectivity index (χ3n) is 7.21. The van der Waals surface area contributed by atoms with Crippen LogP contribution in [0.4, 0.5) is 17.5 Å². The summed E-state index contributed by atoms with van der Waals surface area (Å²) in [6, 6.07) is 16.8. The van der Waals surface area contributed by atoms with Gasteiger partial charge in [-0.1, -0.05) is 49.9 Å². The fourth-order valence-electron chi connectivity index (χ4n) is 5.46. The fraction of sp³-hybridized carbons (Fsp3) is 0.357. The number of anilines is 2. The Morgan fingerprint density at radius 1 is 0.886 bits per heavy atom. The van der Waals surface area contributed by atoms with E-state index < -0.39 is 0 Å². The number of pyridine rings is 1. The summed E-state index contributed by atoms with van der Waals surface area (Å²) in [4.78, 5) is 13.1. The summed E-state index contributed by atoms with van der Waals surface area (Å²) >= 11 is 0. The molecule has 2 aliphatic carbocycles. The second kappa shape index (κ2) is 9.38. The van der Waals surface area contributed by atoms with E-state index in [1.165, 1.54) is 38.5 Å². The highest BCUT2D eigenvalue weighted by molar-refractivity contribution is 5.92. The minimum absolute atomic E-state index is 0.436. The molecule has 0 aliphatic heterocycles. The van der Waals surface area contributed by atoms with E-state index in [9.17, 15) is 0 Å². The van der Waals surface area contributed by atoms with Crippen molar-refractivity contribution in [1.29, 1.82) is 0 Å². The monoisotopic (exact) mass is 463 g/mol. The van der Waals surface area contributed by atoms with Crippen LogP contribution in [-0.4, -0.2) is 31.7 Å². The molecule has 176 valence electrons. The van der Waals surface area contributed by atoms with Crippen LogP contribution in [-0.2, 0) is 0 Å². The van der Waals surface area contributed by atoms with Crippen molar-refractivity contribution in [2.24, 2.45) is 0 Å². The largest absolute Gasteiger partial charge is 0.367 e. The first-order chi connectivity index (χ1) is 17.3. The van der Waals surface area contributed by atoms with Crippen molar-refractivity contribution in [1.82, 2.24) is 19.6 Å². The van der Waals surface area contributed by atoms with Crippen LogP contribution in [0.1, 0.15) is 51.4 Å². The molecule has 2 N–H and O–H groups in total. The predicted molar refractivity (Wildman–Crippen MR) is 140 cm³/mol. The molecule has 2 saturated carbocycles. The van der Waals surface area contributed by atoms with E-state index in [-0.39, 0.29) is 0 Å². The van der Waals surface area contributed by atoms with Crippen molar-refractivity contribution >= 4 is 23.0 Å². The van der Waals surface area contributed by atoms with Gasteiger partial charge >= 0.3 is 0 Å². The van der Waals surface area contributed by atoms with E-state index in [1.54, 1.807) is 0 Å². The van der Waals surface area contributed by atoms with Crippen molar-refractivity contribution in [3.05, 3.63) is 66.1 Å². The molecule has 1 aromatic carbocycles. The van der Waals surface area contributed by atoms with Crippen LogP contribution in [0.15, 0.2) is 54.7 Å². The van der Waals surface area contributed by atoms with Crippen molar-refractivity contribution < 1.29 is 0 Å². The Morgan fingerprint density at radius 3 is 2.40 bits per heavy atom. The Hall–Kier alpha value is -3.92. The summed E-state index contributed by atoms with van der Waals surface area (Å²) < 4.78 is 2.00. The lowest BCUT2D eigenvalue weighted by Crippen LogP contribution is -2.17. The first-order valence-electron chi connectivity index (χ1n) is 12.6. The Bertz CT molecular complexity index is 1390. The van der Waals surface area contributed by atoms with E-state index in [1.807, 2.05) is 41.0 Å². The number of hydrogen-bond donors (Lipinski definition) is 2. The van der Waals surface area contributed by atoms with Gasteiger partial charge in [0.25, 0.3) is 0 Å². The highest BCUT2D eigenvalue weighted by Gasteiger charge is 2.22. The number of hydrogen-bond acceptors (Lipinski definition) is 5. The molecule has 3 aromatic heterocycles. The number of rotatable bonds is 6. The minimum atomic E-state index is 0.436. The third kappa shape index (κ3) is 4.32. The van der Waals surface area contributed by atoms with E-state index in [4.69, 9.17) is 16.7 Å². The van der Waals surface area contributed by atoms with Crippen LogP contribution in [0.5, 0.6) is 0 Å². The molecule has 0 spiro atoms. The topological polar surface area (TPSA) is 71.5 Å². The standard InChI is InChI=1S/C28H29N7/c1-29-22-13-6-8-19(18-22)27-26(23-16-17-30-28(33-23)32-21-11-4-5-12-21)24-14-7-15-25(35(24)34-27)31-20-9-2-3-10-20/h6-8,13-18,20-21,31H,2-5,9-12H2,(H,30,32,33). The van der Waals surface area contributed by atoms with Gasteiger partial charge in [0.2, 0.25) is 5.95 Å². The summed E-state index contributed by atoms with van der Waals surface area (Å²) in [6.07, 6.45) is 11.6. The first-order valence-corrected chi connectivity index (χ1v) is 12.6. The number of benzene rings is 1. The summed E-state index contributed by atoms with van der Waals surface area (Å²) in [5.74, 6) is 1.65. The Balaban J connectivity index is 1.49. The normalized spacial score (nSPS) is 16.5.